The second kappa shape index (κ2) is 9.05. The summed E-state index contributed by atoms with van der Waals surface area (Å²) >= 11 is 3.30. The number of likely N-dealkylation sites (N-methyl/N-ethyl adjacent to an activating group) is 1. The van der Waals surface area contributed by atoms with Crippen molar-refractivity contribution in [1.82, 2.24) is 9.88 Å². The summed E-state index contributed by atoms with van der Waals surface area (Å²) in [7, 11) is 1.82. The summed E-state index contributed by atoms with van der Waals surface area (Å²) in [6.45, 7) is 3.11. The molecule has 0 radical (unpaired) electrons. The Morgan fingerprint density at radius 3 is 2.88 bits per heavy atom. The van der Waals surface area contributed by atoms with E-state index >= 15 is 0 Å². The van der Waals surface area contributed by atoms with Crippen LogP contribution in [0.15, 0.2) is 48.5 Å². The number of amides is 1. The van der Waals surface area contributed by atoms with E-state index in [2.05, 4.69) is 11.1 Å². The Balaban J connectivity index is 1.38. The van der Waals surface area contributed by atoms with Crippen LogP contribution in [0.3, 0.4) is 0 Å². The molecule has 136 valence electrons. The van der Waals surface area contributed by atoms with Gasteiger partial charge in [-0.3, -0.25) is 4.79 Å². The van der Waals surface area contributed by atoms with Crippen molar-refractivity contribution in [3.05, 3.63) is 59.1 Å². The van der Waals surface area contributed by atoms with Crippen LogP contribution >= 0.6 is 23.1 Å². The van der Waals surface area contributed by atoms with E-state index in [1.165, 1.54) is 4.70 Å². The van der Waals surface area contributed by atoms with E-state index in [0.717, 1.165) is 27.6 Å². The van der Waals surface area contributed by atoms with Gasteiger partial charge in [0.25, 0.3) is 0 Å². The summed E-state index contributed by atoms with van der Waals surface area (Å²) in [5, 5.41) is 1.06. The molecule has 0 aliphatic heterocycles. The molecule has 26 heavy (non-hydrogen) atoms. The molecule has 0 saturated carbocycles. The molecule has 0 aliphatic rings. The molecule has 0 fully saturated rings. The Hall–Kier alpha value is -2.05. The number of ether oxygens (including phenoxy) is 1. The van der Waals surface area contributed by atoms with Gasteiger partial charge in [-0.1, -0.05) is 24.3 Å². The zero-order valence-electron chi connectivity index (χ0n) is 15.0. The van der Waals surface area contributed by atoms with Crippen LogP contribution in [0.5, 0.6) is 5.75 Å². The highest BCUT2D eigenvalue weighted by molar-refractivity contribution is 7.99. The van der Waals surface area contributed by atoms with Crippen LogP contribution in [-0.4, -0.2) is 41.7 Å². The summed E-state index contributed by atoms with van der Waals surface area (Å²) in [6.07, 6.45) is 0. The van der Waals surface area contributed by atoms with Gasteiger partial charge in [0.1, 0.15) is 17.4 Å². The van der Waals surface area contributed by atoms with Crippen LogP contribution in [-0.2, 0) is 10.5 Å². The van der Waals surface area contributed by atoms with E-state index in [1.807, 2.05) is 56.4 Å². The van der Waals surface area contributed by atoms with Crippen molar-refractivity contribution in [2.75, 3.05) is 26.0 Å². The average Bonchev–Trinajstić information content (AvgIpc) is 3.04. The van der Waals surface area contributed by atoms with Crippen LogP contribution in [0.2, 0.25) is 0 Å². The molecule has 0 aliphatic carbocycles. The minimum atomic E-state index is 0.115. The number of nitrogens with zero attached hydrogens (tertiary/aromatic N) is 2. The summed E-state index contributed by atoms with van der Waals surface area (Å²) in [5.41, 5.74) is 2.20. The molecule has 0 saturated heterocycles. The average molecular weight is 387 g/mol. The number of aromatic nitrogens is 1. The number of thioether (sulfide) groups is 1. The number of aryl methyl sites for hydroxylation is 1. The summed E-state index contributed by atoms with van der Waals surface area (Å²) < 4.78 is 6.90. The smallest absolute Gasteiger partial charge is 0.232 e. The molecule has 0 unspecified atom stereocenters. The van der Waals surface area contributed by atoms with Crippen LogP contribution in [0, 0.1) is 6.92 Å². The fraction of sp³-hybridized carbons (Fsp3) is 0.300. The maximum Gasteiger partial charge on any atom is 0.232 e. The molecule has 3 aromatic rings. The second-order valence-electron chi connectivity index (χ2n) is 6.05. The molecule has 0 atom stereocenters. The highest BCUT2D eigenvalue weighted by atomic mass is 32.2. The van der Waals surface area contributed by atoms with Gasteiger partial charge in [-0.2, -0.15) is 0 Å². The molecule has 1 aromatic heterocycles. The molecule has 1 heterocycles. The predicted molar refractivity (Wildman–Crippen MR) is 110 cm³/mol. The van der Waals surface area contributed by atoms with Gasteiger partial charge in [0.2, 0.25) is 5.91 Å². The fourth-order valence-corrected chi connectivity index (χ4v) is 4.43. The SMILES string of the molecule is Cc1cccc(OCCN(C)C(=O)CSCc2nc3ccccc3s2)c1. The number of thiazole rings is 1. The number of carbonyl (C=O) groups excluding carboxylic acids is 1. The molecule has 3 rings (SSSR count). The van der Waals surface area contributed by atoms with Crippen molar-refractivity contribution in [1.29, 1.82) is 0 Å². The lowest BCUT2D eigenvalue weighted by Gasteiger charge is -2.17. The first kappa shape index (κ1) is 18.7. The van der Waals surface area contributed by atoms with Crippen LogP contribution < -0.4 is 4.74 Å². The number of benzene rings is 2. The van der Waals surface area contributed by atoms with Gasteiger partial charge in [0.05, 0.1) is 22.5 Å². The number of fused-ring (bicyclic) bond motifs is 1. The maximum atomic E-state index is 12.2. The second-order valence-corrected chi connectivity index (χ2v) is 8.15. The Morgan fingerprint density at radius 1 is 1.23 bits per heavy atom. The van der Waals surface area contributed by atoms with Gasteiger partial charge in [-0.25, -0.2) is 4.98 Å². The van der Waals surface area contributed by atoms with Gasteiger partial charge < -0.3 is 9.64 Å². The largest absolute Gasteiger partial charge is 0.492 e. The molecule has 6 heteroatoms. The number of hydrogen-bond acceptors (Lipinski definition) is 5. The Labute approximate surface area is 162 Å². The van der Waals surface area contributed by atoms with E-state index in [1.54, 1.807) is 28.0 Å². The quantitative estimate of drug-likeness (QED) is 0.576. The first-order valence-electron chi connectivity index (χ1n) is 8.47. The molecule has 0 N–H and O–H groups in total. The zero-order chi connectivity index (χ0) is 18.4. The van der Waals surface area contributed by atoms with Crippen molar-refractivity contribution < 1.29 is 9.53 Å². The minimum Gasteiger partial charge on any atom is -0.492 e. The third-order valence-electron chi connectivity index (χ3n) is 3.90. The van der Waals surface area contributed by atoms with Crippen molar-refractivity contribution in [2.24, 2.45) is 0 Å². The standard InChI is InChI=1S/C20H22N2O2S2/c1-15-6-5-7-16(12-15)24-11-10-22(2)20(23)14-25-13-19-21-17-8-3-4-9-18(17)26-19/h3-9,12H,10-11,13-14H2,1-2H3. The Bertz CT molecular complexity index is 846. The van der Waals surface area contributed by atoms with Gasteiger partial charge in [-0.15, -0.1) is 23.1 Å². The lowest BCUT2D eigenvalue weighted by atomic mass is 10.2. The van der Waals surface area contributed by atoms with Crippen molar-refractivity contribution in [3.63, 3.8) is 0 Å². The summed E-state index contributed by atoms with van der Waals surface area (Å²) in [5.74, 6) is 2.18. The molecule has 4 nitrogen and oxygen atoms in total. The normalized spacial score (nSPS) is 10.8. The third kappa shape index (κ3) is 5.22. The van der Waals surface area contributed by atoms with Gasteiger partial charge in [-0.05, 0) is 36.8 Å². The summed E-state index contributed by atoms with van der Waals surface area (Å²) in [6, 6.07) is 16.0. The Kier molecular flexibility index (Phi) is 6.52. The molecule has 1 amide bonds. The van der Waals surface area contributed by atoms with E-state index < -0.39 is 0 Å². The highest BCUT2D eigenvalue weighted by Gasteiger charge is 2.10. The first-order valence-corrected chi connectivity index (χ1v) is 10.4. The molecular weight excluding hydrogens is 364 g/mol. The Morgan fingerprint density at radius 2 is 2.08 bits per heavy atom. The van der Waals surface area contributed by atoms with E-state index in [9.17, 15) is 4.79 Å². The lowest BCUT2D eigenvalue weighted by Crippen LogP contribution is -2.32. The van der Waals surface area contributed by atoms with Crippen LogP contribution in [0.4, 0.5) is 0 Å². The number of rotatable bonds is 8. The van der Waals surface area contributed by atoms with Crippen molar-refractivity contribution in [3.8, 4) is 5.75 Å². The third-order valence-corrected chi connectivity index (χ3v) is 6.05. The zero-order valence-corrected chi connectivity index (χ0v) is 16.6. The van der Waals surface area contributed by atoms with Crippen molar-refractivity contribution in [2.45, 2.75) is 12.7 Å². The summed E-state index contributed by atoms with van der Waals surface area (Å²) in [4.78, 5) is 18.6. The molecular formula is C20H22N2O2S2. The minimum absolute atomic E-state index is 0.115. The van der Waals surface area contributed by atoms with E-state index in [0.29, 0.717) is 18.9 Å². The van der Waals surface area contributed by atoms with Crippen molar-refractivity contribution >= 4 is 39.2 Å². The predicted octanol–water partition coefficient (Wildman–Crippen LogP) is 4.38. The molecule has 0 spiro atoms. The van der Waals surface area contributed by atoms with Crippen LogP contribution in [0.25, 0.3) is 10.2 Å². The lowest BCUT2D eigenvalue weighted by molar-refractivity contribution is -0.127. The topological polar surface area (TPSA) is 42.4 Å². The number of para-hydroxylation sites is 1. The monoisotopic (exact) mass is 386 g/mol. The fourth-order valence-electron chi connectivity index (χ4n) is 2.45. The van der Waals surface area contributed by atoms with Crippen LogP contribution in [0.1, 0.15) is 10.6 Å². The number of hydrogen-bond donors (Lipinski definition) is 0. The molecule has 0 bridgehead atoms. The maximum absolute atomic E-state index is 12.2. The number of carbonyl (C=O) groups is 1. The first-order chi connectivity index (χ1) is 12.6. The highest BCUT2D eigenvalue weighted by Crippen LogP contribution is 2.24. The van der Waals surface area contributed by atoms with E-state index in [4.69, 9.17) is 4.74 Å². The molecule has 2 aromatic carbocycles. The van der Waals surface area contributed by atoms with Gasteiger partial charge in [0, 0.05) is 12.8 Å². The van der Waals surface area contributed by atoms with Gasteiger partial charge >= 0.3 is 0 Å². The van der Waals surface area contributed by atoms with Gasteiger partial charge in [0.15, 0.2) is 0 Å². The van der Waals surface area contributed by atoms with E-state index in [-0.39, 0.29) is 5.91 Å².